The summed E-state index contributed by atoms with van der Waals surface area (Å²) in [5, 5.41) is 3.74. The monoisotopic (exact) mass is 338 g/mol. The first-order valence-corrected chi connectivity index (χ1v) is 9.21. The minimum Gasteiger partial charge on any atom is -0.377 e. The van der Waals surface area contributed by atoms with E-state index in [1.165, 1.54) is 15.3 Å². The summed E-state index contributed by atoms with van der Waals surface area (Å²) in [7, 11) is 3.60. The van der Waals surface area contributed by atoms with E-state index in [4.69, 9.17) is 0 Å². The fourth-order valence-corrected chi connectivity index (χ4v) is 4.89. The van der Waals surface area contributed by atoms with Gasteiger partial charge in [0, 0.05) is 41.0 Å². The van der Waals surface area contributed by atoms with Crippen molar-refractivity contribution in [3.05, 3.63) is 63.4 Å². The predicted molar refractivity (Wildman–Crippen MR) is 99.9 cm³/mol. The molecule has 1 aliphatic heterocycles. The fourth-order valence-electron chi connectivity index (χ4n) is 3.89. The van der Waals surface area contributed by atoms with Gasteiger partial charge in [-0.15, -0.1) is 11.3 Å². The Morgan fingerprint density at radius 2 is 2.08 bits per heavy atom. The molecule has 0 fully saturated rings. The third-order valence-corrected chi connectivity index (χ3v) is 6.17. The van der Waals surface area contributed by atoms with Crippen LogP contribution < -0.4 is 5.32 Å². The molecular formula is C20H22N2OS. The van der Waals surface area contributed by atoms with E-state index in [1.807, 2.05) is 17.4 Å². The van der Waals surface area contributed by atoms with E-state index in [-0.39, 0.29) is 5.91 Å². The lowest BCUT2D eigenvalue weighted by Crippen LogP contribution is -2.29. The van der Waals surface area contributed by atoms with Crippen LogP contribution in [0.5, 0.6) is 0 Å². The Balaban J connectivity index is 1.74. The summed E-state index contributed by atoms with van der Waals surface area (Å²) in [5.74, 6) is 0.983. The maximum absolute atomic E-state index is 12.3. The molecular weight excluding hydrogens is 316 g/mol. The zero-order valence-corrected chi connectivity index (χ0v) is 15.1. The second kappa shape index (κ2) is 5.78. The summed E-state index contributed by atoms with van der Waals surface area (Å²) in [6.07, 6.45) is 5.70. The Morgan fingerprint density at radius 3 is 2.79 bits per heavy atom. The van der Waals surface area contributed by atoms with Crippen molar-refractivity contribution >= 4 is 22.9 Å². The average Bonchev–Trinajstić information content (AvgIpc) is 3.22. The molecule has 1 aromatic heterocycles. The first-order chi connectivity index (χ1) is 11.5. The summed E-state index contributed by atoms with van der Waals surface area (Å²) in [4.78, 5) is 16.7. The highest BCUT2D eigenvalue weighted by Crippen LogP contribution is 2.50. The summed E-state index contributed by atoms with van der Waals surface area (Å²) in [6.45, 7) is 2.16. The number of amides is 1. The standard InChI is InChI=1S/C20H22N2OS/c1-12-7-10-18(24-12)19-15-6-4-5-14(15)16-11-13(20(23)22(2)3)8-9-17(16)21-19/h4-5,7-11,14-15,19,21H,6H2,1-3H3. The number of hydrogen-bond acceptors (Lipinski definition) is 3. The zero-order valence-electron chi connectivity index (χ0n) is 14.2. The van der Waals surface area contributed by atoms with E-state index in [0.717, 1.165) is 17.7 Å². The number of aryl methyl sites for hydroxylation is 1. The van der Waals surface area contributed by atoms with Gasteiger partial charge < -0.3 is 10.2 Å². The number of allylic oxidation sites excluding steroid dienone is 2. The number of anilines is 1. The molecule has 2 aromatic rings. The molecule has 2 heterocycles. The Bertz CT molecular complexity index is 821. The van der Waals surface area contributed by atoms with Gasteiger partial charge in [-0.3, -0.25) is 4.79 Å². The molecule has 2 aliphatic rings. The SMILES string of the molecule is Cc1ccc(C2Nc3ccc(C(=O)N(C)C)cc3C3C=CCC32)s1. The molecule has 124 valence electrons. The van der Waals surface area contributed by atoms with E-state index in [1.54, 1.807) is 19.0 Å². The molecule has 3 nitrogen and oxygen atoms in total. The second-order valence-electron chi connectivity index (χ2n) is 6.93. The summed E-state index contributed by atoms with van der Waals surface area (Å²) < 4.78 is 0. The van der Waals surface area contributed by atoms with E-state index >= 15 is 0 Å². The first kappa shape index (κ1) is 15.5. The number of nitrogens with zero attached hydrogens (tertiary/aromatic N) is 1. The number of carbonyl (C=O) groups excluding carboxylic acids is 1. The van der Waals surface area contributed by atoms with Crippen molar-refractivity contribution in [1.29, 1.82) is 0 Å². The van der Waals surface area contributed by atoms with Gasteiger partial charge in [0.25, 0.3) is 5.91 Å². The number of hydrogen-bond donors (Lipinski definition) is 1. The van der Waals surface area contributed by atoms with Gasteiger partial charge in [0.05, 0.1) is 6.04 Å². The highest BCUT2D eigenvalue weighted by molar-refractivity contribution is 7.12. The minimum atomic E-state index is 0.0623. The lowest BCUT2D eigenvalue weighted by molar-refractivity contribution is 0.0827. The zero-order chi connectivity index (χ0) is 16.8. The lowest BCUT2D eigenvalue weighted by atomic mass is 9.78. The lowest BCUT2D eigenvalue weighted by Gasteiger charge is -2.37. The van der Waals surface area contributed by atoms with E-state index < -0.39 is 0 Å². The third kappa shape index (κ3) is 2.46. The van der Waals surface area contributed by atoms with Crippen molar-refractivity contribution < 1.29 is 4.79 Å². The van der Waals surface area contributed by atoms with Crippen LogP contribution in [0.1, 0.15) is 44.1 Å². The van der Waals surface area contributed by atoms with E-state index in [9.17, 15) is 4.79 Å². The van der Waals surface area contributed by atoms with Crippen LogP contribution in [0.25, 0.3) is 0 Å². The van der Waals surface area contributed by atoms with Crippen molar-refractivity contribution in [3.8, 4) is 0 Å². The number of nitrogens with one attached hydrogen (secondary N) is 1. The Labute approximate surface area is 147 Å². The second-order valence-corrected chi connectivity index (χ2v) is 8.25. The quantitative estimate of drug-likeness (QED) is 0.813. The first-order valence-electron chi connectivity index (χ1n) is 8.39. The molecule has 4 heteroatoms. The molecule has 0 radical (unpaired) electrons. The molecule has 0 bridgehead atoms. The van der Waals surface area contributed by atoms with Crippen molar-refractivity contribution in [2.24, 2.45) is 5.92 Å². The van der Waals surface area contributed by atoms with Gasteiger partial charge in [-0.25, -0.2) is 0 Å². The molecule has 4 rings (SSSR count). The summed E-state index contributed by atoms with van der Waals surface area (Å²) in [6, 6.07) is 10.9. The van der Waals surface area contributed by atoms with Gasteiger partial charge in [0.15, 0.2) is 0 Å². The van der Waals surface area contributed by atoms with Crippen LogP contribution in [0.15, 0.2) is 42.5 Å². The number of thiophene rings is 1. The van der Waals surface area contributed by atoms with Crippen molar-refractivity contribution in [2.45, 2.75) is 25.3 Å². The van der Waals surface area contributed by atoms with E-state index in [0.29, 0.717) is 17.9 Å². The summed E-state index contributed by atoms with van der Waals surface area (Å²) >= 11 is 1.88. The van der Waals surface area contributed by atoms with Gasteiger partial charge in [-0.05, 0) is 55.2 Å². The molecule has 1 N–H and O–H groups in total. The van der Waals surface area contributed by atoms with Crippen LogP contribution in [0.3, 0.4) is 0 Å². The van der Waals surface area contributed by atoms with E-state index in [2.05, 4.69) is 48.7 Å². The van der Waals surface area contributed by atoms with Crippen LogP contribution in [0.2, 0.25) is 0 Å². The number of rotatable bonds is 2. The largest absolute Gasteiger partial charge is 0.377 e. The van der Waals surface area contributed by atoms with Crippen LogP contribution in [0, 0.1) is 12.8 Å². The molecule has 1 aliphatic carbocycles. The number of carbonyl (C=O) groups is 1. The summed E-state index contributed by atoms with van der Waals surface area (Å²) in [5.41, 5.74) is 3.19. The molecule has 24 heavy (non-hydrogen) atoms. The topological polar surface area (TPSA) is 32.3 Å². The molecule has 3 unspecified atom stereocenters. The maximum atomic E-state index is 12.3. The third-order valence-electron chi connectivity index (χ3n) is 5.08. The van der Waals surface area contributed by atoms with Crippen LogP contribution in [-0.2, 0) is 0 Å². The highest BCUT2D eigenvalue weighted by Gasteiger charge is 2.38. The number of benzene rings is 1. The smallest absolute Gasteiger partial charge is 0.253 e. The Hall–Kier alpha value is -2.07. The Kier molecular flexibility index (Phi) is 3.72. The molecule has 0 saturated heterocycles. The van der Waals surface area contributed by atoms with Gasteiger partial charge in [0.2, 0.25) is 0 Å². The van der Waals surface area contributed by atoms with Gasteiger partial charge in [0.1, 0.15) is 0 Å². The van der Waals surface area contributed by atoms with Crippen molar-refractivity contribution in [1.82, 2.24) is 4.90 Å². The average molecular weight is 338 g/mol. The highest BCUT2D eigenvalue weighted by atomic mass is 32.1. The van der Waals surface area contributed by atoms with Gasteiger partial charge >= 0.3 is 0 Å². The normalized spacial score (nSPS) is 24.2. The maximum Gasteiger partial charge on any atom is 0.253 e. The molecule has 0 spiro atoms. The molecule has 0 saturated carbocycles. The van der Waals surface area contributed by atoms with Crippen LogP contribution in [-0.4, -0.2) is 24.9 Å². The van der Waals surface area contributed by atoms with Gasteiger partial charge in [-0.1, -0.05) is 12.2 Å². The molecule has 1 amide bonds. The Morgan fingerprint density at radius 1 is 1.25 bits per heavy atom. The molecule has 3 atom stereocenters. The number of fused-ring (bicyclic) bond motifs is 3. The van der Waals surface area contributed by atoms with Gasteiger partial charge in [-0.2, -0.15) is 0 Å². The van der Waals surface area contributed by atoms with Crippen LogP contribution in [0.4, 0.5) is 5.69 Å². The van der Waals surface area contributed by atoms with Crippen molar-refractivity contribution in [3.63, 3.8) is 0 Å². The fraction of sp³-hybridized carbons (Fsp3) is 0.350. The molecule has 1 aromatic carbocycles. The minimum absolute atomic E-state index is 0.0623. The van der Waals surface area contributed by atoms with Crippen molar-refractivity contribution in [2.75, 3.05) is 19.4 Å². The van der Waals surface area contributed by atoms with Crippen LogP contribution >= 0.6 is 11.3 Å². The predicted octanol–water partition coefficient (Wildman–Crippen LogP) is 4.58.